The van der Waals surface area contributed by atoms with Gasteiger partial charge in [0.2, 0.25) is 0 Å². The molecule has 1 aromatic rings. The number of carbonyl (C=O) groups excluding carboxylic acids is 1. The Morgan fingerprint density at radius 2 is 2.31 bits per heavy atom. The van der Waals surface area contributed by atoms with Gasteiger partial charge in [-0.2, -0.15) is 0 Å². The number of carbonyl (C=O) groups is 1. The molecule has 0 saturated carbocycles. The second-order valence-electron chi connectivity index (χ2n) is 3.44. The van der Waals surface area contributed by atoms with Crippen molar-refractivity contribution < 1.29 is 14.3 Å². The molecular weight excluding hydrogens is 228 g/mol. The lowest BCUT2D eigenvalue weighted by Crippen LogP contribution is -2.06. The van der Waals surface area contributed by atoms with E-state index in [0.29, 0.717) is 23.6 Å². The Labute approximate surface area is 98.6 Å². The minimum Gasteiger partial charge on any atom is -0.493 e. The predicted molar refractivity (Wildman–Crippen MR) is 61.6 cm³/mol. The number of ether oxygens (including phenoxy) is 2. The lowest BCUT2D eigenvalue weighted by Gasteiger charge is -2.05. The van der Waals surface area contributed by atoms with E-state index in [-0.39, 0.29) is 5.97 Å². The van der Waals surface area contributed by atoms with Crippen LogP contribution in [0.1, 0.15) is 12.0 Å². The van der Waals surface area contributed by atoms with Crippen molar-refractivity contribution in [2.75, 3.05) is 13.7 Å². The van der Waals surface area contributed by atoms with Gasteiger partial charge in [-0.1, -0.05) is 11.6 Å². The molecule has 1 aromatic carbocycles. The summed E-state index contributed by atoms with van der Waals surface area (Å²) in [7, 11) is 1.37. The highest BCUT2D eigenvalue weighted by molar-refractivity contribution is 6.30. The molecule has 1 heterocycles. The van der Waals surface area contributed by atoms with Crippen molar-refractivity contribution in [3.63, 3.8) is 0 Å². The summed E-state index contributed by atoms with van der Waals surface area (Å²) in [6.07, 6.45) is 2.30. The van der Waals surface area contributed by atoms with Crippen LogP contribution < -0.4 is 4.74 Å². The molecule has 4 heteroatoms. The van der Waals surface area contributed by atoms with Gasteiger partial charge in [-0.05, 0) is 24.3 Å². The minimum atomic E-state index is -0.323. The summed E-state index contributed by atoms with van der Waals surface area (Å²) < 4.78 is 10.2. The van der Waals surface area contributed by atoms with Gasteiger partial charge in [0.05, 0.1) is 13.7 Å². The molecule has 0 amide bonds. The van der Waals surface area contributed by atoms with E-state index in [1.54, 1.807) is 24.3 Å². The van der Waals surface area contributed by atoms with E-state index >= 15 is 0 Å². The van der Waals surface area contributed by atoms with Gasteiger partial charge in [0.25, 0.3) is 0 Å². The van der Waals surface area contributed by atoms with Gasteiger partial charge in [0.15, 0.2) is 0 Å². The van der Waals surface area contributed by atoms with Crippen LogP contribution in [0.15, 0.2) is 23.8 Å². The molecule has 3 nitrogen and oxygen atoms in total. The molecule has 16 heavy (non-hydrogen) atoms. The summed E-state index contributed by atoms with van der Waals surface area (Å²) in [5.74, 6) is 0.416. The maximum Gasteiger partial charge on any atom is 0.333 e. The molecule has 0 bridgehead atoms. The molecular formula is C12H11ClO3. The molecule has 0 unspecified atom stereocenters. The van der Waals surface area contributed by atoms with Crippen LogP contribution in [0.4, 0.5) is 0 Å². The lowest BCUT2D eigenvalue weighted by atomic mass is 10.1. The van der Waals surface area contributed by atoms with Crippen LogP contribution in [-0.2, 0) is 9.53 Å². The van der Waals surface area contributed by atoms with Gasteiger partial charge in [0, 0.05) is 22.6 Å². The number of hydrogen-bond acceptors (Lipinski definition) is 3. The average molecular weight is 239 g/mol. The second kappa shape index (κ2) is 4.58. The Kier molecular flexibility index (Phi) is 3.15. The molecule has 84 valence electrons. The number of hydrogen-bond donors (Lipinski definition) is 0. The zero-order chi connectivity index (χ0) is 11.5. The van der Waals surface area contributed by atoms with Crippen molar-refractivity contribution in [1.82, 2.24) is 0 Å². The number of benzene rings is 1. The third kappa shape index (κ3) is 2.19. The molecule has 0 aromatic heterocycles. The molecule has 0 saturated heterocycles. The summed E-state index contributed by atoms with van der Waals surface area (Å²) in [4.78, 5) is 11.4. The summed E-state index contributed by atoms with van der Waals surface area (Å²) in [6, 6.07) is 5.33. The fourth-order valence-corrected chi connectivity index (χ4v) is 1.77. The van der Waals surface area contributed by atoms with Crippen LogP contribution in [-0.4, -0.2) is 19.7 Å². The van der Waals surface area contributed by atoms with Gasteiger partial charge >= 0.3 is 5.97 Å². The number of rotatable bonds is 1. The predicted octanol–water partition coefficient (Wildman–Crippen LogP) is 2.68. The van der Waals surface area contributed by atoms with Crippen LogP contribution in [0.5, 0.6) is 5.75 Å². The van der Waals surface area contributed by atoms with E-state index in [4.69, 9.17) is 21.1 Å². The van der Waals surface area contributed by atoms with Crippen molar-refractivity contribution >= 4 is 23.6 Å². The van der Waals surface area contributed by atoms with Crippen LogP contribution in [0.2, 0.25) is 5.02 Å². The quantitative estimate of drug-likeness (QED) is 0.706. The number of fused-ring (bicyclic) bond motifs is 1. The average Bonchev–Trinajstić information content (AvgIpc) is 2.49. The maximum atomic E-state index is 11.4. The SMILES string of the molecule is COC(=O)C1=Cc2cc(Cl)ccc2OCC1. The third-order valence-corrected chi connectivity index (χ3v) is 2.61. The maximum absolute atomic E-state index is 11.4. The first-order valence-electron chi connectivity index (χ1n) is 4.92. The molecule has 0 spiro atoms. The highest BCUT2D eigenvalue weighted by atomic mass is 35.5. The molecule has 0 fully saturated rings. The van der Waals surface area contributed by atoms with Crippen molar-refractivity contribution in [3.8, 4) is 5.75 Å². The molecule has 0 aliphatic carbocycles. The standard InChI is InChI=1S/C12H11ClO3/c1-15-12(14)8-4-5-16-11-3-2-10(13)7-9(11)6-8/h2-3,6-7H,4-5H2,1H3. The highest BCUT2D eigenvalue weighted by Crippen LogP contribution is 2.28. The fourth-order valence-electron chi connectivity index (χ4n) is 1.59. The van der Waals surface area contributed by atoms with Crippen molar-refractivity contribution in [3.05, 3.63) is 34.4 Å². The molecule has 1 aliphatic rings. The number of esters is 1. The van der Waals surface area contributed by atoms with Gasteiger partial charge in [-0.15, -0.1) is 0 Å². The fraction of sp³-hybridized carbons (Fsp3) is 0.250. The monoisotopic (exact) mass is 238 g/mol. The van der Waals surface area contributed by atoms with Crippen LogP contribution in [0.25, 0.3) is 6.08 Å². The van der Waals surface area contributed by atoms with E-state index in [1.807, 2.05) is 0 Å². The van der Waals surface area contributed by atoms with E-state index in [2.05, 4.69) is 0 Å². The zero-order valence-corrected chi connectivity index (χ0v) is 9.58. The molecule has 0 radical (unpaired) electrons. The van der Waals surface area contributed by atoms with Gasteiger partial charge in [-0.25, -0.2) is 4.79 Å². The van der Waals surface area contributed by atoms with Crippen LogP contribution >= 0.6 is 11.6 Å². The second-order valence-corrected chi connectivity index (χ2v) is 3.88. The smallest absolute Gasteiger partial charge is 0.333 e. The first kappa shape index (κ1) is 11.0. The first-order valence-corrected chi connectivity index (χ1v) is 5.30. The van der Waals surface area contributed by atoms with Gasteiger partial charge in [-0.3, -0.25) is 0 Å². The van der Waals surface area contributed by atoms with Crippen molar-refractivity contribution in [2.24, 2.45) is 0 Å². The van der Waals surface area contributed by atoms with Gasteiger partial charge < -0.3 is 9.47 Å². The van der Waals surface area contributed by atoms with E-state index in [9.17, 15) is 4.79 Å². The molecule has 0 atom stereocenters. The van der Waals surface area contributed by atoms with Gasteiger partial charge in [0.1, 0.15) is 5.75 Å². The Hall–Kier alpha value is -1.48. The highest BCUT2D eigenvalue weighted by Gasteiger charge is 2.15. The van der Waals surface area contributed by atoms with E-state index < -0.39 is 0 Å². The summed E-state index contributed by atoms with van der Waals surface area (Å²) >= 11 is 5.89. The third-order valence-electron chi connectivity index (χ3n) is 2.38. The molecule has 0 N–H and O–H groups in total. The summed E-state index contributed by atoms with van der Waals surface area (Å²) in [6.45, 7) is 0.468. The van der Waals surface area contributed by atoms with Crippen LogP contribution in [0, 0.1) is 0 Å². The first-order chi connectivity index (χ1) is 7.70. The Balaban J connectivity index is 2.42. The Morgan fingerprint density at radius 1 is 1.50 bits per heavy atom. The lowest BCUT2D eigenvalue weighted by molar-refractivity contribution is -0.136. The topological polar surface area (TPSA) is 35.5 Å². The Bertz CT molecular complexity index is 452. The zero-order valence-electron chi connectivity index (χ0n) is 8.83. The largest absolute Gasteiger partial charge is 0.493 e. The van der Waals surface area contributed by atoms with Crippen molar-refractivity contribution in [2.45, 2.75) is 6.42 Å². The molecule has 1 aliphatic heterocycles. The number of halogens is 1. The van der Waals surface area contributed by atoms with E-state index in [0.717, 1.165) is 11.3 Å². The van der Waals surface area contributed by atoms with Crippen molar-refractivity contribution in [1.29, 1.82) is 0 Å². The van der Waals surface area contributed by atoms with E-state index in [1.165, 1.54) is 7.11 Å². The van der Waals surface area contributed by atoms with Crippen LogP contribution in [0.3, 0.4) is 0 Å². The summed E-state index contributed by atoms with van der Waals surface area (Å²) in [5.41, 5.74) is 1.41. The summed E-state index contributed by atoms with van der Waals surface area (Å²) in [5, 5.41) is 0.615. The normalized spacial score (nSPS) is 14.2. The molecule has 2 rings (SSSR count). The Morgan fingerprint density at radius 3 is 3.06 bits per heavy atom. The minimum absolute atomic E-state index is 0.323. The number of methoxy groups -OCH3 is 1.